The van der Waals surface area contributed by atoms with Crippen LogP contribution in [0.3, 0.4) is 0 Å². The number of hydrogen-bond acceptors (Lipinski definition) is 6. The average molecular weight is 550 g/mol. The smallest absolute Gasteiger partial charge is 0.412 e. The number of rotatable bonds is 8. The van der Waals surface area contributed by atoms with Crippen LogP contribution in [-0.2, 0) is 19.7 Å². The van der Waals surface area contributed by atoms with Crippen LogP contribution in [0, 0.1) is 12.1 Å². The molecule has 1 amide bonds. The van der Waals surface area contributed by atoms with Crippen molar-refractivity contribution in [2.24, 2.45) is 0 Å². The van der Waals surface area contributed by atoms with Gasteiger partial charge in [-0.1, -0.05) is 48.5 Å². The summed E-state index contributed by atoms with van der Waals surface area (Å²) in [6, 6.07) is 17.1. The van der Waals surface area contributed by atoms with Gasteiger partial charge in [-0.05, 0) is 72.2 Å². The quantitative estimate of drug-likeness (QED) is 0.224. The fourth-order valence-corrected chi connectivity index (χ4v) is 6.40. The highest BCUT2D eigenvalue weighted by Crippen LogP contribution is 2.49. The minimum absolute atomic E-state index is 0.149. The van der Waals surface area contributed by atoms with Crippen LogP contribution >= 0.6 is 22.7 Å². The zero-order valence-corrected chi connectivity index (χ0v) is 23.0. The Bertz CT molecular complexity index is 1450. The summed E-state index contributed by atoms with van der Waals surface area (Å²) in [7, 11) is 0. The number of carbonyl (C=O) groups excluding carboxylic acids is 2. The lowest BCUT2D eigenvalue weighted by Gasteiger charge is -2.15. The molecule has 5 nitrogen and oxygen atoms in total. The predicted molar refractivity (Wildman–Crippen MR) is 150 cm³/mol. The summed E-state index contributed by atoms with van der Waals surface area (Å²) in [5.41, 5.74) is 5.68. The molecule has 1 aliphatic rings. The van der Waals surface area contributed by atoms with Crippen LogP contribution in [-0.4, -0.2) is 18.7 Å². The molecule has 1 aliphatic carbocycles. The van der Waals surface area contributed by atoms with Gasteiger partial charge in [0.25, 0.3) is 0 Å². The molecule has 0 unspecified atom stereocenters. The first-order valence-corrected chi connectivity index (χ1v) is 14.2. The second-order valence-electron chi connectivity index (χ2n) is 9.43. The summed E-state index contributed by atoms with van der Waals surface area (Å²) >= 11 is 2.53. The van der Waals surface area contributed by atoms with Crippen LogP contribution in [0.5, 0.6) is 0 Å². The van der Waals surface area contributed by atoms with Crippen LogP contribution < -0.4 is 5.32 Å². The lowest BCUT2D eigenvalue weighted by molar-refractivity contribution is -0.146. The molecule has 8 heteroatoms. The van der Waals surface area contributed by atoms with Crippen molar-refractivity contribution < 1.29 is 23.5 Å². The molecule has 5 rings (SSSR count). The lowest BCUT2D eigenvalue weighted by atomic mass is 9.93. The lowest BCUT2D eigenvalue weighted by Crippen LogP contribution is -2.23. The number of ether oxygens (including phenoxy) is 2. The number of hydrogen-bond donors (Lipinski definition) is 1. The Hall–Kier alpha value is -3.49. The van der Waals surface area contributed by atoms with Crippen molar-refractivity contribution in [2.45, 2.75) is 45.1 Å². The zero-order valence-electron chi connectivity index (χ0n) is 21.4. The Morgan fingerprint density at radius 3 is 2.24 bits per heavy atom. The average Bonchev–Trinajstić information content (AvgIpc) is 3.48. The van der Waals surface area contributed by atoms with Crippen LogP contribution in [0.25, 0.3) is 21.6 Å². The Kier molecular flexibility index (Phi) is 7.36. The first kappa shape index (κ1) is 26.1. The van der Waals surface area contributed by atoms with E-state index < -0.39 is 22.7 Å². The third kappa shape index (κ3) is 5.24. The van der Waals surface area contributed by atoms with E-state index in [4.69, 9.17) is 9.47 Å². The zero-order chi connectivity index (χ0) is 26.9. The molecule has 196 valence electrons. The van der Waals surface area contributed by atoms with E-state index in [1.165, 1.54) is 6.07 Å². The minimum atomic E-state index is -0.630. The van der Waals surface area contributed by atoms with E-state index in [1.54, 1.807) is 11.3 Å². The molecule has 2 aromatic heterocycles. The van der Waals surface area contributed by atoms with Crippen LogP contribution in [0.1, 0.15) is 49.5 Å². The maximum absolute atomic E-state index is 14.2. The van der Waals surface area contributed by atoms with E-state index in [9.17, 15) is 14.0 Å². The maximum atomic E-state index is 14.2. The van der Waals surface area contributed by atoms with Gasteiger partial charge in [0.1, 0.15) is 6.10 Å². The number of halogens is 1. The van der Waals surface area contributed by atoms with Crippen LogP contribution in [0.4, 0.5) is 14.9 Å². The van der Waals surface area contributed by atoms with Gasteiger partial charge in [0.2, 0.25) is 0 Å². The van der Waals surface area contributed by atoms with Gasteiger partial charge in [-0.3, -0.25) is 10.1 Å². The first-order valence-electron chi connectivity index (χ1n) is 12.5. The first-order chi connectivity index (χ1) is 18.3. The Balaban J connectivity index is 1.29. The maximum Gasteiger partial charge on any atom is 0.412 e. The van der Waals surface area contributed by atoms with E-state index in [0.29, 0.717) is 17.2 Å². The number of benzene rings is 2. The molecule has 0 spiro atoms. The number of esters is 1. The molecule has 38 heavy (non-hydrogen) atoms. The van der Waals surface area contributed by atoms with Gasteiger partial charge in [0.05, 0.1) is 22.6 Å². The molecule has 0 bridgehead atoms. The van der Waals surface area contributed by atoms with Crippen molar-refractivity contribution >= 4 is 40.4 Å². The van der Waals surface area contributed by atoms with E-state index in [1.807, 2.05) is 80.1 Å². The normalized spacial score (nSPS) is 14.5. The summed E-state index contributed by atoms with van der Waals surface area (Å²) in [6.07, 6.45) is 0.586. The number of nitrogens with one attached hydrogen (secondary N) is 1. The number of carbonyl (C=O) groups is 2. The van der Waals surface area contributed by atoms with Gasteiger partial charge in [-0.15, -0.1) is 11.3 Å². The monoisotopic (exact) mass is 549 g/mol. The molecule has 1 saturated carbocycles. The summed E-state index contributed by atoms with van der Waals surface area (Å²) < 4.78 is 25.0. The molecule has 4 aromatic rings. The third-order valence-corrected chi connectivity index (χ3v) is 8.74. The van der Waals surface area contributed by atoms with Crippen molar-refractivity contribution in [3.8, 4) is 21.6 Å². The molecular formula is C30H28FNO4S2. The van der Waals surface area contributed by atoms with Gasteiger partial charge < -0.3 is 9.47 Å². The van der Waals surface area contributed by atoms with Gasteiger partial charge in [-0.25, -0.2) is 4.79 Å². The number of anilines is 1. The molecular weight excluding hydrogens is 521 g/mol. The van der Waals surface area contributed by atoms with Crippen molar-refractivity contribution in [1.29, 1.82) is 0 Å². The third-order valence-electron chi connectivity index (χ3n) is 6.89. The standard InChI is InChI=1S/C30H28FNO4S2/c1-4-35-28(33)30(13-14-30)23-11-9-21(10-12-23)20-5-7-22(8-6-20)27-25(15-26(31)38-27)32-29(34)36-19(3)24-17-37-16-18(24)2/h5-12,15-17,19H,4,13-14H2,1-3H3,(H,32,34)/t19-/m1/s1. The molecule has 1 atom stereocenters. The van der Waals surface area contributed by atoms with E-state index in [2.05, 4.69) is 5.32 Å². The molecule has 0 aliphatic heterocycles. The molecule has 0 saturated heterocycles. The fourth-order valence-electron chi connectivity index (χ4n) is 4.62. The minimum Gasteiger partial charge on any atom is -0.465 e. The summed E-state index contributed by atoms with van der Waals surface area (Å²) in [6.45, 7) is 5.99. The summed E-state index contributed by atoms with van der Waals surface area (Å²) in [5.74, 6) is -0.149. The van der Waals surface area contributed by atoms with Crippen molar-refractivity contribution in [3.63, 3.8) is 0 Å². The van der Waals surface area contributed by atoms with Gasteiger partial charge in [-0.2, -0.15) is 15.7 Å². The van der Waals surface area contributed by atoms with Crippen molar-refractivity contribution in [2.75, 3.05) is 11.9 Å². The second kappa shape index (κ2) is 10.7. The van der Waals surface area contributed by atoms with Crippen LogP contribution in [0.2, 0.25) is 0 Å². The Morgan fingerprint density at radius 1 is 1.03 bits per heavy atom. The number of thiophene rings is 2. The molecule has 2 aromatic carbocycles. The largest absolute Gasteiger partial charge is 0.465 e. The molecule has 1 fully saturated rings. The second-order valence-corrected chi connectivity index (χ2v) is 11.2. The Morgan fingerprint density at radius 2 is 1.66 bits per heavy atom. The highest BCUT2D eigenvalue weighted by molar-refractivity contribution is 7.14. The fraction of sp³-hybridized carbons (Fsp3) is 0.267. The van der Waals surface area contributed by atoms with E-state index in [-0.39, 0.29) is 5.97 Å². The predicted octanol–water partition coefficient (Wildman–Crippen LogP) is 8.50. The van der Waals surface area contributed by atoms with Gasteiger partial charge in [0.15, 0.2) is 5.13 Å². The SMILES string of the molecule is CCOC(=O)C1(c2ccc(-c3ccc(-c4sc(F)cc4NC(=O)O[C@H](C)c4cscc4C)cc3)cc2)CC1. The molecule has 1 N–H and O–H groups in total. The molecule has 2 heterocycles. The van der Waals surface area contributed by atoms with Crippen LogP contribution in [0.15, 0.2) is 65.4 Å². The molecule has 0 radical (unpaired) electrons. The Labute approximate surface area is 229 Å². The van der Waals surface area contributed by atoms with E-state index in [0.717, 1.165) is 57.6 Å². The van der Waals surface area contributed by atoms with Crippen molar-refractivity contribution in [1.82, 2.24) is 0 Å². The number of amides is 1. The van der Waals surface area contributed by atoms with E-state index >= 15 is 0 Å². The highest BCUT2D eigenvalue weighted by atomic mass is 32.1. The van der Waals surface area contributed by atoms with Gasteiger partial charge in [0, 0.05) is 11.6 Å². The van der Waals surface area contributed by atoms with Gasteiger partial charge >= 0.3 is 12.1 Å². The van der Waals surface area contributed by atoms with Crippen molar-refractivity contribution in [3.05, 3.63) is 87.2 Å². The summed E-state index contributed by atoms with van der Waals surface area (Å²) in [5, 5.41) is 6.28. The number of aryl methyl sites for hydroxylation is 1. The topological polar surface area (TPSA) is 64.6 Å². The summed E-state index contributed by atoms with van der Waals surface area (Å²) in [4.78, 5) is 25.6. The highest BCUT2D eigenvalue weighted by Gasteiger charge is 2.52.